The number of aryl methyl sites for hydroxylation is 1. The highest BCUT2D eigenvalue weighted by Crippen LogP contribution is 2.13. The Morgan fingerprint density at radius 3 is 2.58 bits per heavy atom. The second-order valence-corrected chi connectivity index (χ2v) is 4.04. The van der Waals surface area contributed by atoms with Crippen LogP contribution < -0.4 is 4.74 Å². The minimum atomic E-state index is -0.386. The van der Waals surface area contributed by atoms with Crippen LogP contribution in [0.15, 0.2) is 36.4 Å². The van der Waals surface area contributed by atoms with E-state index in [1.807, 2.05) is 31.2 Å². The van der Waals surface area contributed by atoms with Gasteiger partial charge in [-0.25, -0.2) is 4.79 Å². The SMILES string of the molecule is CC=CC(=O)OCCOC(C)Oc1ccc(C)cc1. The first-order valence-electron chi connectivity index (χ1n) is 6.26. The second kappa shape index (κ2) is 8.32. The normalized spacial score (nSPS) is 12.4. The number of ether oxygens (including phenoxy) is 3. The lowest BCUT2D eigenvalue weighted by Crippen LogP contribution is -2.19. The number of rotatable bonds is 7. The van der Waals surface area contributed by atoms with E-state index < -0.39 is 0 Å². The smallest absolute Gasteiger partial charge is 0.330 e. The van der Waals surface area contributed by atoms with Crippen molar-refractivity contribution in [2.24, 2.45) is 0 Å². The fourth-order valence-corrected chi connectivity index (χ4v) is 1.38. The van der Waals surface area contributed by atoms with E-state index in [2.05, 4.69) is 0 Å². The van der Waals surface area contributed by atoms with E-state index in [0.29, 0.717) is 6.61 Å². The molecule has 0 saturated heterocycles. The van der Waals surface area contributed by atoms with Crippen LogP contribution in [-0.4, -0.2) is 25.5 Å². The summed E-state index contributed by atoms with van der Waals surface area (Å²) in [7, 11) is 0. The van der Waals surface area contributed by atoms with Crippen LogP contribution in [0.2, 0.25) is 0 Å². The molecule has 0 heterocycles. The van der Waals surface area contributed by atoms with Gasteiger partial charge in [-0.1, -0.05) is 23.8 Å². The van der Waals surface area contributed by atoms with Crippen molar-refractivity contribution in [1.29, 1.82) is 0 Å². The van der Waals surface area contributed by atoms with Crippen molar-refractivity contribution in [3.05, 3.63) is 42.0 Å². The molecule has 0 saturated carbocycles. The molecule has 0 aliphatic rings. The topological polar surface area (TPSA) is 44.8 Å². The van der Waals surface area contributed by atoms with Gasteiger partial charge in [0.15, 0.2) is 6.29 Å². The van der Waals surface area contributed by atoms with Crippen LogP contribution in [0, 0.1) is 6.92 Å². The molecule has 0 aliphatic heterocycles. The van der Waals surface area contributed by atoms with Gasteiger partial charge in [-0.05, 0) is 32.9 Å². The highest BCUT2D eigenvalue weighted by Gasteiger charge is 2.04. The molecule has 0 radical (unpaired) electrons. The summed E-state index contributed by atoms with van der Waals surface area (Å²) in [6.45, 7) is 6.09. The van der Waals surface area contributed by atoms with Crippen LogP contribution in [0.25, 0.3) is 0 Å². The molecule has 4 nitrogen and oxygen atoms in total. The van der Waals surface area contributed by atoms with Gasteiger partial charge in [0.05, 0.1) is 6.61 Å². The lowest BCUT2D eigenvalue weighted by Gasteiger charge is -2.15. The molecule has 19 heavy (non-hydrogen) atoms. The van der Waals surface area contributed by atoms with Crippen molar-refractivity contribution >= 4 is 5.97 Å². The summed E-state index contributed by atoms with van der Waals surface area (Å²) >= 11 is 0. The van der Waals surface area contributed by atoms with Crippen molar-refractivity contribution in [2.45, 2.75) is 27.1 Å². The van der Waals surface area contributed by atoms with E-state index in [4.69, 9.17) is 14.2 Å². The van der Waals surface area contributed by atoms with E-state index in [-0.39, 0.29) is 18.9 Å². The zero-order valence-electron chi connectivity index (χ0n) is 11.6. The van der Waals surface area contributed by atoms with Gasteiger partial charge < -0.3 is 14.2 Å². The maximum absolute atomic E-state index is 11.0. The van der Waals surface area contributed by atoms with Gasteiger partial charge >= 0.3 is 5.97 Å². The van der Waals surface area contributed by atoms with Gasteiger partial charge in [0.2, 0.25) is 0 Å². The predicted octanol–water partition coefficient (Wildman–Crippen LogP) is 2.86. The zero-order chi connectivity index (χ0) is 14.1. The summed E-state index contributed by atoms with van der Waals surface area (Å²) in [5.74, 6) is 0.391. The molecule has 0 amide bonds. The van der Waals surface area contributed by atoms with E-state index in [0.717, 1.165) is 5.75 Å². The molecule has 0 aromatic heterocycles. The van der Waals surface area contributed by atoms with Gasteiger partial charge in [0.25, 0.3) is 0 Å². The van der Waals surface area contributed by atoms with Gasteiger partial charge in [0.1, 0.15) is 12.4 Å². The summed E-state index contributed by atoms with van der Waals surface area (Å²) in [6, 6.07) is 7.73. The fourth-order valence-electron chi connectivity index (χ4n) is 1.38. The Bertz CT molecular complexity index is 409. The van der Waals surface area contributed by atoms with E-state index in [9.17, 15) is 4.79 Å². The minimum Gasteiger partial charge on any atom is -0.465 e. The minimum absolute atomic E-state index is 0.213. The average molecular weight is 264 g/mol. The molecular formula is C15H20O4. The molecule has 104 valence electrons. The fraction of sp³-hybridized carbons (Fsp3) is 0.400. The summed E-state index contributed by atoms with van der Waals surface area (Å²) in [6.07, 6.45) is 2.61. The molecule has 0 bridgehead atoms. The number of benzene rings is 1. The Labute approximate surface area is 114 Å². The third kappa shape index (κ3) is 6.62. The second-order valence-electron chi connectivity index (χ2n) is 4.04. The van der Waals surface area contributed by atoms with Gasteiger partial charge in [0, 0.05) is 6.08 Å². The first-order valence-corrected chi connectivity index (χ1v) is 6.26. The largest absolute Gasteiger partial charge is 0.465 e. The number of hydrogen-bond acceptors (Lipinski definition) is 4. The van der Waals surface area contributed by atoms with Crippen LogP contribution in [-0.2, 0) is 14.3 Å². The van der Waals surface area contributed by atoms with E-state index >= 15 is 0 Å². The quantitative estimate of drug-likeness (QED) is 0.329. The third-order valence-corrected chi connectivity index (χ3v) is 2.31. The molecule has 0 spiro atoms. The molecule has 4 heteroatoms. The summed E-state index contributed by atoms with van der Waals surface area (Å²) in [5.41, 5.74) is 1.18. The van der Waals surface area contributed by atoms with Gasteiger partial charge in [-0.3, -0.25) is 0 Å². The van der Waals surface area contributed by atoms with Crippen LogP contribution in [0.5, 0.6) is 5.75 Å². The number of esters is 1. The number of hydrogen-bond donors (Lipinski definition) is 0. The molecule has 1 atom stereocenters. The van der Waals surface area contributed by atoms with Crippen molar-refractivity contribution in [3.8, 4) is 5.75 Å². The predicted molar refractivity (Wildman–Crippen MR) is 73.0 cm³/mol. The van der Waals surface area contributed by atoms with E-state index in [1.165, 1.54) is 11.6 Å². The molecule has 1 aromatic rings. The van der Waals surface area contributed by atoms with Crippen LogP contribution in [0.4, 0.5) is 0 Å². The lowest BCUT2D eigenvalue weighted by atomic mass is 10.2. The molecule has 1 aromatic carbocycles. The number of carbonyl (C=O) groups is 1. The monoisotopic (exact) mass is 264 g/mol. The molecule has 1 unspecified atom stereocenters. The van der Waals surface area contributed by atoms with E-state index in [1.54, 1.807) is 19.9 Å². The first kappa shape index (κ1) is 15.2. The number of allylic oxidation sites excluding steroid dienone is 1. The van der Waals surface area contributed by atoms with Gasteiger partial charge in [-0.15, -0.1) is 0 Å². The summed E-state index contributed by atoms with van der Waals surface area (Å²) < 4.78 is 15.8. The standard InChI is InChI=1S/C15H20O4/c1-4-5-15(16)18-11-10-17-13(3)19-14-8-6-12(2)7-9-14/h4-9,13H,10-11H2,1-3H3. The molecule has 0 aliphatic carbocycles. The summed E-state index contributed by atoms with van der Waals surface area (Å²) in [5, 5.41) is 0. The maximum Gasteiger partial charge on any atom is 0.330 e. The first-order chi connectivity index (χ1) is 9.11. The third-order valence-electron chi connectivity index (χ3n) is 2.31. The Morgan fingerprint density at radius 1 is 1.26 bits per heavy atom. The molecule has 0 N–H and O–H groups in total. The van der Waals surface area contributed by atoms with Crippen molar-refractivity contribution in [1.82, 2.24) is 0 Å². The molecule has 1 rings (SSSR count). The van der Waals surface area contributed by atoms with Crippen LogP contribution >= 0.6 is 0 Å². The molecular weight excluding hydrogens is 244 g/mol. The Balaban J connectivity index is 2.19. The van der Waals surface area contributed by atoms with Gasteiger partial charge in [-0.2, -0.15) is 0 Å². The lowest BCUT2D eigenvalue weighted by molar-refractivity contribution is -0.142. The highest BCUT2D eigenvalue weighted by molar-refractivity contribution is 5.81. The van der Waals surface area contributed by atoms with Crippen molar-refractivity contribution in [3.63, 3.8) is 0 Å². The van der Waals surface area contributed by atoms with Crippen molar-refractivity contribution in [2.75, 3.05) is 13.2 Å². The Kier molecular flexibility index (Phi) is 6.68. The van der Waals surface area contributed by atoms with Crippen LogP contribution in [0.1, 0.15) is 19.4 Å². The maximum atomic E-state index is 11.0. The Morgan fingerprint density at radius 2 is 1.95 bits per heavy atom. The zero-order valence-corrected chi connectivity index (χ0v) is 11.6. The van der Waals surface area contributed by atoms with Crippen LogP contribution in [0.3, 0.4) is 0 Å². The highest BCUT2D eigenvalue weighted by atomic mass is 16.7. The molecule has 0 fully saturated rings. The van der Waals surface area contributed by atoms with Crippen molar-refractivity contribution < 1.29 is 19.0 Å². The number of carbonyl (C=O) groups excluding carboxylic acids is 1. The Hall–Kier alpha value is -1.81. The average Bonchev–Trinajstić information content (AvgIpc) is 2.38. The summed E-state index contributed by atoms with van der Waals surface area (Å²) in [4.78, 5) is 11.0.